The third-order valence-corrected chi connectivity index (χ3v) is 4.87. The minimum atomic E-state index is -2.57. The van der Waals surface area contributed by atoms with Crippen molar-refractivity contribution in [3.05, 3.63) is 65.9 Å². The summed E-state index contributed by atoms with van der Waals surface area (Å²) < 4.78 is 31.3. The van der Waals surface area contributed by atoms with Crippen LogP contribution in [0.2, 0.25) is 0 Å². The molecule has 3 heterocycles. The van der Waals surface area contributed by atoms with E-state index in [0.29, 0.717) is 33.7 Å². The maximum Gasteiger partial charge on any atom is 0.265 e. The van der Waals surface area contributed by atoms with Gasteiger partial charge >= 0.3 is 0 Å². The van der Waals surface area contributed by atoms with E-state index < -0.39 is 6.43 Å². The van der Waals surface area contributed by atoms with Gasteiger partial charge in [0, 0.05) is 22.7 Å². The zero-order valence-electron chi connectivity index (χ0n) is 17.2. The molecule has 0 saturated heterocycles. The number of hydrogen-bond donors (Lipinski definition) is 1. The zero-order chi connectivity index (χ0) is 22.0. The Hall–Kier alpha value is -3.75. The standard InChI is InChI=1S/C22H20F2N6O/c1-12-4-6-17(30-29-12)13(2)28-22-16-8-15(9-19(31-3)20(16)26-11-27-22)18-7-5-14(10-25-18)21(23)24/h4-11,13,21H,1-3H3,(H,26,27,28). The lowest BCUT2D eigenvalue weighted by Crippen LogP contribution is -2.11. The van der Waals surface area contributed by atoms with Crippen molar-refractivity contribution in [1.29, 1.82) is 0 Å². The number of methoxy groups -OCH3 is 1. The highest BCUT2D eigenvalue weighted by atomic mass is 19.3. The molecule has 1 unspecified atom stereocenters. The smallest absolute Gasteiger partial charge is 0.265 e. The Morgan fingerprint density at radius 2 is 1.84 bits per heavy atom. The van der Waals surface area contributed by atoms with Gasteiger partial charge in [0.05, 0.1) is 30.2 Å². The number of aryl methyl sites for hydroxylation is 1. The monoisotopic (exact) mass is 422 g/mol. The zero-order valence-corrected chi connectivity index (χ0v) is 17.2. The van der Waals surface area contributed by atoms with E-state index in [0.717, 1.165) is 11.4 Å². The van der Waals surface area contributed by atoms with Crippen LogP contribution in [0.5, 0.6) is 5.75 Å². The van der Waals surface area contributed by atoms with E-state index in [1.807, 2.05) is 32.0 Å². The molecule has 3 aromatic heterocycles. The molecule has 0 fully saturated rings. The van der Waals surface area contributed by atoms with E-state index in [1.165, 1.54) is 18.6 Å². The van der Waals surface area contributed by atoms with Gasteiger partial charge in [-0.15, -0.1) is 0 Å². The molecule has 7 nitrogen and oxygen atoms in total. The molecule has 0 aliphatic heterocycles. The molecule has 4 aromatic rings. The predicted molar refractivity (Wildman–Crippen MR) is 113 cm³/mol. The Bertz CT molecular complexity index is 1200. The van der Waals surface area contributed by atoms with Crippen LogP contribution in [0.25, 0.3) is 22.2 Å². The number of pyridine rings is 1. The average Bonchev–Trinajstić information content (AvgIpc) is 2.79. The van der Waals surface area contributed by atoms with Gasteiger partial charge < -0.3 is 10.1 Å². The van der Waals surface area contributed by atoms with Crippen LogP contribution in [0.1, 0.15) is 36.3 Å². The van der Waals surface area contributed by atoms with Gasteiger partial charge in [0.15, 0.2) is 0 Å². The van der Waals surface area contributed by atoms with E-state index in [4.69, 9.17) is 4.74 Å². The predicted octanol–water partition coefficient (Wildman–Crippen LogP) is 4.91. The Morgan fingerprint density at radius 3 is 2.48 bits per heavy atom. The molecule has 1 N–H and O–H groups in total. The van der Waals surface area contributed by atoms with E-state index in [2.05, 4.69) is 30.5 Å². The number of alkyl halides is 2. The van der Waals surface area contributed by atoms with Gasteiger partial charge in [0.2, 0.25) is 0 Å². The minimum absolute atomic E-state index is 0.129. The molecule has 1 atom stereocenters. The summed E-state index contributed by atoms with van der Waals surface area (Å²) >= 11 is 0. The first-order chi connectivity index (χ1) is 15.0. The van der Waals surface area contributed by atoms with Gasteiger partial charge in [-0.2, -0.15) is 10.2 Å². The molecule has 0 aliphatic carbocycles. The van der Waals surface area contributed by atoms with Crippen molar-refractivity contribution in [1.82, 2.24) is 25.1 Å². The van der Waals surface area contributed by atoms with Gasteiger partial charge in [0.25, 0.3) is 6.43 Å². The number of rotatable bonds is 6. The summed E-state index contributed by atoms with van der Waals surface area (Å²) in [5, 5.41) is 12.4. The summed E-state index contributed by atoms with van der Waals surface area (Å²) in [5.74, 6) is 1.12. The number of fused-ring (bicyclic) bond motifs is 1. The van der Waals surface area contributed by atoms with Gasteiger partial charge in [-0.1, -0.05) is 0 Å². The largest absolute Gasteiger partial charge is 0.494 e. The lowest BCUT2D eigenvalue weighted by Gasteiger charge is -2.16. The molecule has 0 saturated carbocycles. The number of nitrogens with one attached hydrogen (secondary N) is 1. The van der Waals surface area contributed by atoms with E-state index in [1.54, 1.807) is 19.2 Å². The molecule has 158 valence electrons. The topological polar surface area (TPSA) is 85.7 Å². The SMILES string of the molecule is COc1cc(-c2ccc(C(F)F)cn2)cc2c(NC(C)c3ccc(C)nn3)ncnc12. The first-order valence-corrected chi connectivity index (χ1v) is 9.60. The maximum atomic E-state index is 12.9. The number of aromatic nitrogens is 5. The Kier molecular flexibility index (Phi) is 5.66. The van der Waals surface area contributed by atoms with Gasteiger partial charge in [-0.3, -0.25) is 4.98 Å². The number of benzene rings is 1. The van der Waals surface area contributed by atoms with Gasteiger partial charge in [-0.25, -0.2) is 18.7 Å². The molecule has 0 amide bonds. The fourth-order valence-corrected chi connectivity index (χ4v) is 3.18. The second-order valence-corrected chi connectivity index (χ2v) is 7.04. The Balaban J connectivity index is 1.76. The average molecular weight is 422 g/mol. The number of hydrogen-bond acceptors (Lipinski definition) is 7. The third-order valence-electron chi connectivity index (χ3n) is 4.87. The van der Waals surface area contributed by atoms with Crippen molar-refractivity contribution in [2.45, 2.75) is 26.3 Å². The molecule has 9 heteroatoms. The van der Waals surface area contributed by atoms with Crippen LogP contribution in [0.4, 0.5) is 14.6 Å². The molecule has 0 bridgehead atoms. The summed E-state index contributed by atoms with van der Waals surface area (Å²) in [4.78, 5) is 12.9. The highest BCUT2D eigenvalue weighted by molar-refractivity contribution is 5.96. The first-order valence-electron chi connectivity index (χ1n) is 9.60. The van der Waals surface area contributed by atoms with Crippen LogP contribution in [-0.4, -0.2) is 32.3 Å². The number of ether oxygens (including phenoxy) is 1. The highest BCUT2D eigenvalue weighted by Crippen LogP contribution is 2.34. The minimum Gasteiger partial charge on any atom is -0.494 e. The third kappa shape index (κ3) is 4.25. The van der Waals surface area contributed by atoms with Crippen LogP contribution >= 0.6 is 0 Å². The van der Waals surface area contributed by atoms with Crippen LogP contribution in [0.15, 0.2) is 48.9 Å². The highest BCUT2D eigenvalue weighted by Gasteiger charge is 2.16. The van der Waals surface area contributed by atoms with Crippen molar-refractivity contribution in [2.24, 2.45) is 0 Å². The molecule has 1 aromatic carbocycles. The fraction of sp³-hybridized carbons (Fsp3) is 0.227. The summed E-state index contributed by atoms with van der Waals surface area (Å²) in [6.07, 6.45) is 0.0641. The second kappa shape index (κ2) is 8.55. The first kappa shape index (κ1) is 20.5. The van der Waals surface area contributed by atoms with Crippen molar-refractivity contribution >= 4 is 16.7 Å². The van der Waals surface area contributed by atoms with Crippen molar-refractivity contribution in [3.63, 3.8) is 0 Å². The normalized spacial score (nSPS) is 12.2. The van der Waals surface area contributed by atoms with Crippen molar-refractivity contribution < 1.29 is 13.5 Å². The molecule has 4 rings (SSSR count). The second-order valence-electron chi connectivity index (χ2n) is 7.04. The van der Waals surface area contributed by atoms with Crippen molar-refractivity contribution in [2.75, 3.05) is 12.4 Å². The van der Waals surface area contributed by atoms with Crippen LogP contribution in [0.3, 0.4) is 0 Å². The molecule has 0 aliphatic rings. The molecule has 31 heavy (non-hydrogen) atoms. The maximum absolute atomic E-state index is 12.9. The Labute approximate surface area is 177 Å². The number of nitrogens with zero attached hydrogens (tertiary/aromatic N) is 5. The Morgan fingerprint density at radius 1 is 1.00 bits per heavy atom. The van der Waals surface area contributed by atoms with Gasteiger partial charge in [-0.05, 0) is 50.2 Å². The van der Waals surface area contributed by atoms with Crippen LogP contribution in [-0.2, 0) is 0 Å². The van der Waals surface area contributed by atoms with Gasteiger partial charge in [0.1, 0.15) is 23.4 Å². The quantitative estimate of drug-likeness (QED) is 0.472. The number of halogens is 2. The van der Waals surface area contributed by atoms with E-state index in [-0.39, 0.29) is 11.6 Å². The van der Waals surface area contributed by atoms with Crippen molar-refractivity contribution in [3.8, 4) is 17.0 Å². The summed E-state index contributed by atoms with van der Waals surface area (Å²) in [7, 11) is 1.55. The summed E-state index contributed by atoms with van der Waals surface area (Å²) in [6.45, 7) is 3.83. The van der Waals surface area contributed by atoms with Crippen LogP contribution < -0.4 is 10.1 Å². The fourth-order valence-electron chi connectivity index (χ4n) is 3.18. The van der Waals surface area contributed by atoms with E-state index >= 15 is 0 Å². The molecular weight excluding hydrogens is 402 g/mol. The lowest BCUT2D eigenvalue weighted by molar-refractivity contribution is 0.151. The summed E-state index contributed by atoms with van der Waals surface area (Å²) in [5.41, 5.74) is 3.33. The van der Waals surface area contributed by atoms with Crippen LogP contribution in [0, 0.1) is 6.92 Å². The lowest BCUT2D eigenvalue weighted by atomic mass is 10.1. The van der Waals surface area contributed by atoms with E-state index in [9.17, 15) is 8.78 Å². The molecule has 0 spiro atoms. The number of anilines is 1. The molecular formula is C22H20F2N6O. The summed E-state index contributed by atoms with van der Waals surface area (Å²) in [6, 6.07) is 10.2. The molecule has 0 radical (unpaired) electrons.